The summed E-state index contributed by atoms with van der Waals surface area (Å²) in [5.41, 5.74) is 9.71. The second-order valence-corrected chi connectivity index (χ2v) is 10.3. The first-order chi connectivity index (χ1) is 11.9. The van der Waals surface area contributed by atoms with Crippen LogP contribution in [-0.2, 0) is 23.1 Å². The third-order valence-electron chi connectivity index (χ3n) is 4.89. The van der Waals surface area contributed by atoms with E-state index in [-0.39, 0.29) is 28.5 Å². The molecule has 3 rings (SSSR count). The van der Waals surface area contributed by atoms with Crippen molar-refractivity contribution in [2.24, 2.45) is 0 Å². The Kier molecular flexibility index (Phi) is 8.89. The van der Waals surface area contributed by atoms with E-state index in [4.69, 9.17) is 0 Å². The summed E-state index contributed by atoms with van der Waals surface area (Å²) in [5.74, 6) is 0. The molecule has 0 radical (unpaired) electrons. The minimum absolute atomic E-state index is 0. The Morgan fingerprint density at radius 1 is 0.963 bits per heavy atom. The van der Waals surface area contributed by atoms with Gasteiger partial charge in [-0.05, 0) is 0 Å². The monoisotopic (exact) mass is 437 g/mol. The van der Waals surface area contributed by atoms with Gasteiger partial charge in [-0.3, -0.25) is 0 Å². The molecule has 1 N–H and O–H groups in total. The molecular weight excluding hydrogens is 409 g/mol. The molecule has 0 bridgehead atoms. The molecule has 1 aliphatic rings. The summed E-state index contributed by atoms with van der Waals surface area (Å²) in [6.07, 6.45) is 7.73. The summed E-state index contributed by atoms with van der Waals surface area (Å²) in [6.45, 7) is 11.4. The maximum absolute atomic E-state index is 3.85. The van der Waals surface area contributed by atoms with Crippen LogP contribution in [0, 0.1) is 20.8 Å². The van der Waals surface area contributed by atoms with Crippen molar-refractivity contribution in [3.05, 3.63) is 82.4 Å². The molecule has 1 aliphatic carbocycles. The molecule has 0 aromatic heterocycles. The number of anilines is 1. The number of allylic oxidation sites excluding steroid dienone is 4. The van der Waals surface area contributed by atoms with Gasteiger partial charge in [-0.1, -0.05) is 0 Å². The van der Waals surface area contributed by atoms with Crippen molar-refractivity contribution in [1.82, 2.24) is 0 Å². The molecule has 2 aromatic carbocycles. The minimum atomic E-state index is -0.411. The van der Waals surface area contributed by atoms with Crippen LogP contribution < -0.4 is 3.80 Å². The predicted octanol–water partition coefficient (Wildman–Crippen LogP) is 7.14. The van der Waals surface area contributed by atoms with Crippen molar-refractivity contribution in [3.63, 3.8) is 0 Å². The summed E-state index contributed by atoms with van der Waals surface area (Å²) in [7, 11) is 0. The quantitative estimate of drug-likeness (QED) is 0.489. The molecular formula is C23H29Cl2NTi. The maximum atomic E-state index is 3.85. The van der Waals surface area contributed by atoms with Crippen LogP contribution >= 0.6 is 24.8 Å². The molecule has 0 fully saturated rings. The molecule has 2 aromatic rings. The SMILES string of the molecule is Cc1cc(C)c([NH][Ti][C](C)(C)c2ccccc2C2=CC=CC2)c(C)c1.Cl.Cl. The third-order valence-corrected chi connectivity index (χ3v) is 6.88. The average molecular weight is 438 g/mol. The third kappa shape index (κ3) is 5.51. The zero-order valence-electron chi connectivity index (χ0n) is 16.7. The molecule has 4 heteroatoms. The van der Waals surface area contributed by atoms with Gasteiger partial charge in [0.1, 0.15) is 0 Å². The van der Waals surface area contributed by atoms with Crippen molar-refractivity contribution < 1.29 is 19.4 Å². The Morgan fingerprint density at radius 3 is 2.19 bits per heavy atom. The maximum Gasteiger partial charge on any atom is -0.147 e. The Labute approximate surface area is 185 Å². The fourth-order valence-corrected chi connectivity index (χ4v) is 5.47. The number of benzene rings is 2. The van der Waals surface area contributed by atoms with Gasteiger partial charge in [-0.25, -0.2) is 0 Å². The van der Waals surface area contributed by atoms with Crippen LogP contribution in [0.5, 0.6) is 0 Å². The Hall–Kier alpha value is -0.986. The van der Waals surface area contributed by atoms with Crippen LogP contribution in [0.15, 0.2) is 54.6 Å². The molecule has 0 saturated carbocycles. The van der Waals surface area contributed by atoms with Crippen LogP contribution in [0.2, 0.25) is 0 Å². The van der Waals surface area contributed by atoms with Gasteiger partial charge in [0.25, 0.3) is 0 Å². The van der Waals surface area contributed by atoms with Crippen LogP contribution in [0.25, 0.3) is 5.57 Å². The van der Waals surface area contributed by atoms with E-state index < -0.39 is 19.4 Å². The molecule has 0 amide bonds. The van der Waals surface area contributed by atoms with E-state index in [1.807, 2.05) is 0 Å². The summed E-state index contributed by atoms with van der Waals surface area (Å²) >= 11 is -0.411. The summed E-state index contributed by atoms with van der Waals surface area (Å²) in [6, 6.07) is 13.5. The van der Waals surface area contributed by atoms with Crippen LogP contribution in [0.3, 0.4) is 0 Å². The smallest absolute Gasteiger partial charge is 0.147 e. The number of hydrogen-bond acceptors (Lipinski definition) is 1. The second-order valence-electron chi connectivity index (χ2n) is 7.52. The topological polar surface area (TPSA) is 12.0 Å². The molecule has 0 heterocycles. The number of rotatable bonds is 5. The molecule has 0 atom stereocenters. The van der Waals surface area contributed by atoms with Gasteiger partial charge in [0.2, 0.25) is 0 Å². The molecule has 0 unspecified atom stereocenters. The van der Waals surface area contributed by atoms with Crippen LogP contribution in [0.1, 0.15) is 48.1 Å². The summed E-state index contributed by atoms with van der Waals surface area (Å²) in [5, 5.41) is 0. The molecule has 1 nitrogen and oxygen atoms in total. The molecule has 0 saturated heterocycles. The Bertz CT molecular complexity index is 830. The number of aryl methyl sites for hydroxylation is 3. The number of halogens is 2. The molecule has 0 aliphatic heterocycles. The first-order valence-corrected chi connectivity index (χ1v) is 10.5. The van der Waals surface area contributed by atoms with Gasteiger partial charge in [0, 0.05) is 0 Å². The molecule has 144 valence electrons. The predicted molar refractivity (Wildman–Crippen MR) is 120 cm³/mol. The average Bonchev–Trinajstić information content (AvgIpc) is 3.08. The second kappa shape index (κ2) is 9.98. The van der Waals surface area contributed by atoms with Gasteiger partial charge in [-0.15, -0.1) is 24.8 Å². The fourth-order valence-electron chi connectivity index (χ4n) is 3.62. The van der Waals surface area contributed by atoms with Gasteiger partial charge < -0.3 is 0 Å². The number of hydrogen-bond donors (Lipinski definition) is 1. The van der Waals surface area contributed by atoms with Crippen molar-refractivity contribution in [3.8, 4) is 0 Å². The van der Waals surface area contributed by atoms with Gasteiger partial charge >= 0.3 is 162 Å². The van der Waals surface area contributed by atoms with E-state index in [1.165, 1.54) is 39.1 Å². The summed E-state index contributed by atoms with van der Waals surface area (Å²) < 4.78 is 4.03. The van der Waals surface area contributed by atoms with Crippen molar-refractivity contribution in [1.29, 1.82) is 0 Å². The number of nitrogens with one attached hydrogen (secondary N) is 1. The Morgan fingerprint density at radius 2 is 1.59 bits per heavy atom. The van der Waals surface area contributed by atoms with E-state index >= 15 is 0 Å². The first-order valence-electron chi connectivity index (χ1n) is 8.95. The van der Waals surface area contributed by atoms with Gasteiger partial charge in [-0.2, -0.15) is 0 Å². The Balaban J connectivity index is 0.00000182. The van der Waals surface area contributed by atoms with Gasteiger partial charge in [0.05, 0.1) is 0 Å². The molecule has 27 heavy (non-hydrogen) atoms. The van der Waals surface area contributed by atoms with E-state index in [0.717, 1.165) is 6.42 Å². The normalized spacial score (nSPS) is 12.7. The van der Waals surface area contributed by atoms with Crippen LogP contribution in [0.4, 0.5) is 5.69 Å². The van der Waals surface area contributed by atoms with Crippen molar-refractivity contribution >= 4 is 36.1 Å². The van der Waals surface area contributed by atoms with E-state index in [9.17, 15) is 0 Å². The zero-order valence-corrected chi connectivity index (χ0v) is 19.9. The minimum Gasteiger partial charge on any atom is -0.147 e. The molecule has 0 spiro atoms. The van der Waals surface area contributed by atoms with Gasteiger partial charge in [0.15, 0.2) is 0 Å². The van der Waals surface area contributed by atoms with Crippen molar-refractivity contribution in [2.75, 3.05) is 3.80 Å². The largest absolute Gasteiger partial charge is 0.147 e. The van der Waals surface area contributed by atoms with Crippen molar-refractivity contribution in [2.45, 2.75) is 44.8 Å². The van der Waals surface area contributed by atoms with E-state index in [1.54, 1.807) is 0 Å². The standard InChI is InChI=1S/C14H15.C9H12N.2ClH.Ti/c1-11(2)13-9-5-6-10-14(13)12-7-3-4-8-12;1-6-4-7(2)9(10)8(3)5-6;;;/h3-7,9-10H,8H2,1-2H3;4-5,10H,1-3H3;2*1H;/q;-1;;;+1. The zero-order chi connectivity index (χ0) is 18.0. The first kappa shape index (κ1) is 24.1. The fraction of sp³-hybridized carbons (Fsp3) is 0.304. The summed E-state index contributed by atoms with van der Waals surface area (Å²) in [4.78, 5) is 0. The van der Waals surface area contributed by atoms with Crippen LogP contribution in [-0.4, -0.2) is 0 Å². The van der Waals surface area contributed by atoms with E-state index in [0.29, 0.717) is 0 Å². The van der Waals surface area contributed by atoms with E-state index in [2.05, 4.69) is 93.0 Å².